The number of nitrogens with one attached hydrogen (secondary N) is 1. The van der Waals surface area contributed by atoms with Crippen molar-refractivity contribution in [1.82, 2.24) is 4.98 Å². The third-order valence-electron chi connectivity index (χ3n) is 1.90. The first-order valence-corrected chi connectivity index (χ1v) is 4.97. The van der Waals surface area contributed by atoms with Gasteiger partial charge in [0.25, 0.3) is 0 Å². The molecule has 0 saturated carbocycles. The molecule has 2 aromatic rings. The van der Waals surface area contributed by atoms with Crippen molar-refractivity contribution in [2.75, 3.05) is 12.4 Å². The molecule has 0 saturated heterocycles. The van der Waals surface area contributed by atoms with E-state index in [1.165, 1.54) is 0 Å². The fraction of sp³-hybridized carbons (Fsp3) is 0.100. The molecule has 0 unspecified atom stereocenters. The fourth-order valence-corrected chi connectivity index (χ4v) is 1.59. The number of nitrogens with zero attached hydrogens (tertiary/aromatic N) is 1. The van der Waals surface area contributed by atoms with Gasteiger partial charge in [-0.1, -0.05) is 0 Å². The zero-order valence-electron chi connectivity index (χ0n) is 7.62. The van der Waals surface area contributed by atoms with Gasteiger partial charge in [-0.2, -0.15) is 0 Å². The lowest BCUT2D eigenvalue weighted by molar-refractivity contribution is 0.579. The van der Waals surface area contributed by atoms with Gasteiger partial charge >= 0.3 is 0 Å². The van der Waals surface area contributed by atoms with Crippen LogP contribution in [0.4, 0.5) is 5.69 Å². The smallest absolute Gasteiger partial charge is 0.166 e. The maximum Gasteiger partial charge on any atom is 0.166 e. The van der Waals surface area contributed by atoms with Crippen molar-refractivity contribution >= 4 is 21.6 Å². The van der Waals surface area contributed by atoms with E-state index in [1.807, 2.05) is 25.2 Å². The monoisotopic (exact) mass is 252 g/mol. The highest BCUT2D eigenvalue weighted by Crippen LogP contribution is 2.28. The van der Waals surface area contributed by atoms with E-state index in [1.54, 1.807) is 12.5 Å². The standard InChI is InChI=1S/C10H9BrN2O/c1-12-7-2-4-13-9(6-7)10-8(11)3-5-14-10/h2-6H,1H3,(H,12,13). The number of halogens is 1. The van der Waals surface area contributed by atoms with Gasteiger partial charge in [-0.15, -0.1) is 0 Å². The Bertz CT molecular complexity index is 439. The Morgan fingerprint density at radius 2 is 2.29 bits per heavy atom. The maximum atomic E-state index is 5.31. The van der Waals surface area contributed by atoms with Gasteiger partial charge in [0.1, 0.15) is 5.69 Å². The van der Waals surface area contributed by atoms with E-state index in [2.05, 4.69) is 26.2 Å². The van der Waals surface area contributed by atoms with Crippen LogP contribution in [0.2, 0.25) is 0 Å². The molecule has 0 bridgehead atoms. The lowest BCUT2D eigenvalue weighted by Crippen LogP contribution is -1.89. The average Bonchev–Trinajstić information content (AvgIpc) is 2.65. The molecule has 1 N–H and O–H groups in total. The lowest BCUT2D eigenvalue weighted by Gasteiger charge is -2.01. The summed E-state index contributed by atoms with van der Waals surface area (Å²) in [5.74, 6) is 0.752. The molecule has 0 aliphatic carbocycles. The molecule has 0 radical (unpaired) electrons. The normalized spacial score (nSPS) is 10.1. The second-order valence-corrected chi connectivity index (χ2v) is 3.63. The lowest BCUT2D eigenvalue weighted by atomic mass is 10.2. The molecule has 0 aromatic carbocycles. The van der Waals surface area contributed by atoms with Gasteiger partial charge in [0.05, 0.1) is 10.7 Å². The molecular weight excluding hydrogens is 244 g/mol. The quantitative estimate of drug-likeness (QED) is 0.893. The summed E-state index contributed by atoms with van der Waals surface area (Å²) >= 11 is 3.40. The second kappa shape index (κ2) is 3.84. The predicted octanol–water partition coefficient (Wildman–Crippen LogP) is 3.15. The highest BCUT2D eigenvalue weighted by Gasteiger charge is 2.07. The van der Waals surface area contributed by atoms with E-state index >= 15 is 0 Å². The number of pyridine rings is 1. The SMILES string of the molecule is CNc1ccnc(-c2occc2Br)c1. The number of rotatable bonds is 2. The summed E-state index contributed by atoms with van der Waals surface area (Å²) in [5.41, 5.74) is 1.83. The van der Waals surface area contributed by atoms with Gasteiger partial charge in [-0.25, -0.2) is 0 Å². The van der Waals surface area contributed by atoms with E-state index in [4.69, 9.17) is 4.42 Å². The molecule has 2 heterocycles. The number of hydrogen-bond acceptors (Lipinski definition) is 3. The average molecular weight is 253 g/mol. The predicted molar refractivity (Wildman–Crippen MR) is 59.2 cm³/mol. The van der Waals surface area contributed by atoms with Crippen LogP contribution in [0.5, 0.6) is 0 Å². The molecule has 14 heavy (non-hydrogen) atoms. The van der Waals surface area contributed by atoms with Crippen molar-refractivity contribution in [3.05, 3.63) is 35.1 Å². The summed E-state index contributed by atoms with van der Waals surface area (Å²) in [4.78, 5) is 4.23. The molecule has 0 aliphatic rings. The van der Waals surface area contributed by atoms with Gasteiger partial charge in [0, 0.05) is 18.9 Å². The van der Waals surface area contributed by atoms with Gasteiger partial charge in [0.15, 0.2) is 5.76 Å². The molecule has 4 heteroatoms. The van der Waals surface area contributed by atoms with Crippen LogP contribution in [-0.4, -0.2) is 12.0 Å². The first kappa shape index (κ1) is 9.27. The Balaban J connectivity index is 2.47. The summed E-state index contributed by atoms with van der Waals surface area (Å²) < 4.78 is 6.23. The van der Waals surface area contributed by atoms with E-state index in [9.17, 15) is 0 Å². The maximum absolute atomic E-state index is 5.31. The molecule has 72 valence electrons. The highest BCUT2D eigenvalue weighted by molar-refractivity contribution is 9.10. The van der Waals surface area contributed by atoms with Crippen molar-refractivity contribution < 1.29 is 4.42 Å². The van der Waals surface area contributed by atoms with Gasteiger partial charge in [-0.05, 0) is 34.1 Å². The number of hydrogen-bond donors (Lipinski definition) is 1. The van der Waals surface area contributed by atoms with Crippen molar-refractivity contribution in [2.24, 2.45) is 0 Å². The summed E-state index contributed by atoms with van der Waals surface area (Å²) in [6.45, 7) is 0. The van der Waals surface area contributed by atoms with Crippen LogP contribution < -0.4 is 5.32 Å². The minimum atomic E-state index is 0.752. The summed E-state index contributed by atoms with van der Waals surface area (Å²) in [5, 5.41) is 3.05. The van der Waals surface area contributed by atoms with Crippen LogP contribution in [0.15, 0.2) is 39.5 Å². The van der Waals surface area contributed by atoms with Crippen molar-refractivity contribution in [3.8, 4) is 11.5 Å². The summed E-state index contributed by atoms with van der Waals surface area (Å²) in [7, 11) is 1.87. The Hall–Kier alpha value is -1.29. The molecule has 2 aromatic heterocycles. The molecule has 3 nitrogen and oxygen atoms in total. The number of aromatic nitrogens is 1. The molecular formula is C10H9BrN2O. The zero-order valence-corrected chi connectivity index (χ0v) is 9.21. The van der Waals surface area contributed by atoms with Crippen LogP contribution >= 0.6 is 15.9 Å². The number of furan rings is 1. The number of anilines is 1. The Labute approximate surface area is 90.3 Å². The molecule has 0 spiro atoms. The highest BCUT2D eigenvalue weighted by atomic mass is 79.9. The van der Waals surface area contributed by atoms with Crippen LogP contribution in [0, 0.1) is 0 Å². The van der Waals surface area contributed by atoms with Gasteiger partial charge in [-0.3, -0.25) is 4.98 Å². The molecule has 2 rings (SSSR count). The minimum Gasteiger partial charge on any atom is -0.461 e. The third-order valence-corrected chi connectivity index (χ3v) is 2.52. The first-order valence-electron chi connectivity index (χ1n) is 4.18. The Morgan fingerprint density at radius 1 is 1.43 bits per heavy atom. The molecule has 0 fully saturated rings. The first-order chi connectivity index (χ1) is 6.81. The molecule has 0 aliphatic heterocycles. The molecule has 0 atom stereocenters. The summed E-state index contributed by atoms with van der Waals surface area (Å²) in [6.07, 6.45) is 3.38. The Morgan fingerprint density at radius 3 is 2.93 bits per heavy atom. The minimum absolute atomic E-state index is 0.752. The van der Waals surface area contributed by atoms with Crippen molar-refractivity contribution in [2.45, 2.75) is 0 Å². The van der Waals surface area contributed by atoms with Crippen LogP contribution in [0.1, 0.15) is 0 Å². The topological polar surface area (TPSA) is 38.1 Å². The van der Waals surface area contributed by atoms with E-state index < -0.39 is 0 Å². The van der Waals surface area contributed by atoms with Crippen molar-refractivity contribution in [3.63, 3.8) is 0 Å². The van der Waals surface area contributed by atoms with Gasteiger partial charge < -0.3 is 9.73 Å². The molecule has 0 amide bonds. The fourth-order valence-electron chi connectivity index (χ4n) is 1.19. The van der Waals surface area contributed by atoms with Gasteiger partial charge in [0.2, 0.25) is 0 Å². The summed E-state index contributed by atoms with van der Waals surface area (Å²) in [6, 6.07) is 5.69. The van der Waals surface area contributed by atoms with Crippen molar-refractivity contribution in [1.29, 1.82) is 0 Å². The zero-order chi connectivity index (χ0) is 9.97. The van der Waals surface area contributed by atoms with Crippen LogP contribution in [0.3, 0.4) is 0 Å². The van der Waals surface area contributed by atoms with E-state index in [-0.39, 0.29) is 0 Å². The Kier molecular flexibility index (Phi) is 2.54. The largest absolute Gasteiger partial charge is 0.461 e. The van der Waals surface area contributed by atoms with Crippen LogP contribution in [0.25, 0.3) is 11.5 Å². The third kappa shape index (κ3) is 1.65. The van der Waals surface area contributed by atoms with E-state index in [0.29, 0.717) is 0 Å². The van der Waals surface area contributed by atoms with E-state index in [0.717, 1.165) is 21.6 Å². The second-order valence-electron chi connectivity index (χ2n) is 2.78. The van der Waals surface area contributed by atoms with Crippen LogP contribution in [-0.2, 0) is 0 Å².